The molecule has 1 aliphatic heterocycles. The SMILES string of the molecule is CC1(C)CC(=O)C2=C(C1)NC1=C(C(=O)c3ccccc31)C2c1ccc(C(F)(F)F)cc1. The Morgan fingerprint density at radius 2 is 1.55 bits per heavy atom. The van der Waals surface area contributed by atoms with Crippen LogP contribution in [-0.2, 0) is 11.0 Å². The van der Waals surface area contributed by atoms with Gasteiger partial charge in [-0.25, -0.2) is 0 Å². The van der Waals surface area contributed by atoms with E-state index in [4.69, 9.17) is 0 Å². The third kappa shape index (κ3) is 3.04. The minimum atomic E-state index is -4.45. The summed E-state index contributed by atoms with van der Waals surface area (Å²) >= 11 is 0. The van der Waals surface area contributed by atoms with Gasteiger partial charge in [0.05, 0.1) is 11.3 Å². The second kappa shape index (κ2) is 6.42. The van der Waals surface area contributed by atoms with Gasteiger partial charge in [-0.15, -0.1) is 0 Å². The molecule has 0 amide bonds. The van der Waals surface area contributed by atoms with Gasteiger partial charge in [-0.05, 0) is 29.5 Å². The van der Waals surface area contributed by atoms with E-state index >= 15 is 0 Å². The third-order valence-corrected chi connectivity index (χ3v) is 6.30. The van der Waals surface area contributed by atoms with E-state index < -0.39 is 17.7 Å². The molecular formula is C25H20F3NO2. The largest absolute Gasteiger partial charge is 0.416 e. The Morgan fingerprint density at radius 3 is 2.19 bits per heavy atom. The molecule has 31 heavy (non-hydrogen) atoms. The van der Waals surface area contributed by atoms with E-state index in [0.717, 1.165) is 23.4 Å². The zero-order valence-electron chi connectivity index (χ0n) is 17.1. The number of hydrogen-bond acceptors (Lipinski definition) is 3. The molecule has 0 aromatic heterocycles. The maximum atomic E-state index is 13.3. The Labute approximate surface area is 177 Å². The van der Waals surface area contributed by atoms with Gasteiger partial charge in [0, 0.05) is 40.3 Å². The van der Waals surface area contributed by atoms with Crippen LogP contribution in [0.25, 0.3) is 5.70 Å². The van der Waals surface area contributed by atoms with Gasteiger partial charge in [0.15, 0.2) is 11.6 Å². The van der Waals surface area contributed by atoms with E-state index in [9.17, 15) is 22.8 Å². The van der Waals surface area contributed by atoms with Crippen LogP contribution in [0.2, 0.25) is 0 Å². The molecule has 1 N–H and O–H groups in total. The van der Waals surface area contributed by atoms with Gasteiger partial charge in [-0.2, -0.15) is 13.2 Å². The van der Waals surface area contributed by atoms with Crippen LogP contribution < -0.4 is 5.32 Å². The molecule has 1 heterocycles. The maximum Gasteiger partial charge on any atom is 0.416 e. The van der Waals surface area contributed by atoms with E-state index in [-0.39, 0.29) is 17.0 Å². The number of rotatable bonds is 1. The van der Waals surface area contributed by atoms with Crippen LogP contribution in [0.4, 0.5) is 13.2 Å². The second-order valence-corrected chi connectivity index (χ2v) is 9.17. The number of dihydropyridines is 1. The minimum absolute atomic E-state index is 0.0704. The highest BCUT2D eigenvalue weighted by Gasteiger charge is 2.46. The summed E-state index contributed by atoms with van der Waals surface area (Å²) in [4.78, 5) is 26.5. The van der Waals surface area contributed by atoms with Gasteiger partial charge in [0.25, 0.3) is 0 Å². The van der Waals surface area contributed by atoms with Crippen molar-refractivity contribution in [2.45, 2.75) is 38.8 Å². The number of alkyl halides is 3. The van der Waals surface area contributed by atoms with Crippen molar-refractivity contribution in [2.75, 3.05) is 0 Å². The van der Waals surface area contributed by atoms with Crippen LogP contribution in [0.3, 0.4) is 0 Å². The standard InChI is InChI=1S/C25H20F3NO2/c1-24(2)11-17-20(18(30)12-24)19(13-7-9-14(10-8-13)25(26,27)28)21-22(29-17)15-5-3-4-6-16(15)23(21)31/h3-10,19,29H,11-12H2,1-2H3. The van der Waals surface area contributed by atoms with Gasteiger partial charge in [0.1, 0.15) is 0 Å². The number of benzene rings is 2. The normalized spacial score (nSPS) is 22.2. The molecule has 158 valence electrons. The highest BCUT2D eigenvalue weighted by atomic mass is 19.4. The van der Waals surface area contributed by atoms with Crippen molar-refractivity contribution < 1.29 is 22.8 Å². The van der Waals surface area contributed by atoms with Crippen LogP contribution in [0.5, 0.6) is 0 Å². The van der Waals surface area contributed by atoms with Gasteiger partial charge >= 0.3 is 6.18 Å². The van der Waals surface area contributed by atoms with E-state index in [1.807, 2.05) is 26.0 Å². The van der Waals surface area contributed by atoms with Crippen molar-refractivity contribution in [3.63, 3.8) is 0 Å². The van der Waals surface area contributed by atoms with Gasteiger partial charge < -0.3 is 5.32 Å². The van der Waals surface area contributed by atoms with E-state index in [2.05, 4.69) is 5.32 Å². The molecule has 1 unspecified atom stereocenters. The number of nitrogens with one attached hydrogen (secondary N) is 1. The summed E-state index contributed by atoms with van der Waals surface area (Å²) in [7, 11) is 0. The molecule has 2 aromatic carbocycles. The summed E-state index contributed by atoms with van der Waals surface area (Å²) in [6, 6.07) is 12.0. The van der Waals surface area contributed by atoms with Crippen LogP contribution >= 0.6 is 0 Å². The number of ketones is 2. The van der Waals surface area contributed by atoms with E-state index in [1.165, 1.54) is 12.1 Å². The fourth-order valence-corrected chi connectivity index (χ4v) is 4.99. The number of carbonyl (C=O) groups is 2. The first-order valence-electron chi connectivity index (χ1n) is 10.2. The van der Waals surface area contributed by atoms with Crippen LogP contribution in [0.1, 0.15) is 59.7 Å². The zero-order valence-corrected chi connectivity index (χ0v) is 17.1. The number of fused-ring (bicyclic) bond motifs is 2. The molecule has 6 heteroatoms. The molecule has 5 rings (SSSR count). The molecular weight excluding hydrogens is 403 g/mol. The average molecular weight is 423 g/mol. The molecule has 2 aliphatic carbocycles. The Morgan fingerprint density at radius 1 is 0.903 bits per heavy atom. The summed E-state index contributed by atoms with van der Waals surface area (Å²) in [5.74, 6) is -0.942. The smallest absolute Gasteiger partial charge is 0.358 e. The van der Waals surface area contributed by atoms with Crippen molar-refractivity contribution in [2.24, 2.45) is 5.41 Å². The van der Waals surface area contributed by atoms with Crippen LogP contribution in [-0.4, -0.2) is 11.6 Å². The van der Waals surface area contributed by atoms with Gasteiger partial charge in [-0.1, -0.05) is 50.2 Å². The Hall–Kier alpha value is -3.15. The molecule has 3 aliphatic rings. The lowest BCUT2D eigenvalue weighted by molar-refractivity contribution is -0.137. The van der Waals surface area contributed by atoms with E-state index in [0.29, 0.717) is 40.8 Å². The Balaban J connectivity index is 1.71. The molecule has 0 bridgehead atoms. The highest BCUT2D eigenvalue weighted by Crippen LogP contribution is 2.51. The van der Waals surface area contributed by atoms with E-state index in [1.54, 1.807) is 12.1 Å². The predicted molar refractivity (Wildman–Crippen MR) is 110 cm³/mol. The number of hydrogen-bond donors (Lipinski definition) is 1. The first kappa shape index (κ1) is 19.8. The van der Waals surface area contributed by atoms with Crippen molar-refractivity contribution in [1.29, 1.82) is 0 Å². The van der Waals surface area contributed by atoms with Crippen molar-refractivity contribution in [1.82, 2.24) is 5.32 Å². The maximum absolute atomic E-state index is 13.3. The van der Waals surface area contributed by atoms with Crippen LogP contribution in [0.15, 0.2) is 65.4 Å². The van der Waals surface area contributed by atoms with Crippen LogP contribution in [0, 0.1) is 5.41 Å². The quantitative estimate of drug-likeness (QED) is 0.645. The molecule has 0 fully saturated rings. The average Bonchev–Trinajstić information content (AvgIpc) is 2.97. The summed E-state index contributed by atoms with van der Waals surface area (Å²) < 4.78 is 39.3. The Bertz CT molecular complexity index is 1200. The van der Waals surface area contributed by atoms with Crippen molar-refractivity contribution in [3.05, 3.63) is 87.6 Å². The number of allylic oxidation sites excluding steroid dienone is 3. The molecule has 3 nitrogen and oxygen atoms in total. The number of Topliss-reactive ketones (excluding diaryl/α,β-unsaturated/α-hetero) is 2. The molecule has 0 saturated heterocycles. The molecule has 0 radical (unpaired) electrons. The fourth-order valence-electron chi connectivity index (χ4n) is 4.99. The number of carbonyl (C=O) groups excluding carboxylic acids is 2. The number of halogens is 3. The second-order valence-electron chi connectivity index (χ2n) is 9.17. The molecule has 2 aromatic rings. The molecule has 0 saturated carbocycles. The first-order valence-corrected chi connectivity index (χ1v) is 10.2. The highest BCUT2D eigenvalue weighted by molar-refractivity contribution is 6.23. The first-order chi connectivity index (χ1) is 14.6. The topological polar surface area (TPSA) is 46.2 Å². The predicted octanol–water partition coefficient (Wildman–Crippen LogP) is 5.64. The monoisotopic (exact) mass is 423 g/mol. The summed E-state index contributed by atoms with van der Waals surface area (Å²) in [6.07, 6.45) is -3.50. The fraction of sp³-hybridized carbons (Fsp3) is 0.280. The zero-order chi connectivity index (χ0) is 22.1. The lowest BCUT2D eigenvalue weighted by Crippen LogP contribution is -2.37. The Kier molecular flexibility index (Phi) is 4.10. The lowest BCUT2D eigenvalue weighted by Gasteiger charge is -2.39. The summed E-state index contributed by atoms with van der Waals surface area (Å²) in [5, 5.41) is 3.36. The van der Waals surface area contributed by atoms with Crippen molar-refractivity contribution in [3.8, 4) is 0 Å². The van der Waals surface area contributed by atoms with Gasteiger partial charge in [0.2, 0.25) is 0 Å². The summed E-state index contributed by atoms with van der Waals surface area (Å²) in [5.41, 5.74) is 3.18. The minimum Gasteiger partial charge on any atom is -0.358 e. The van der Waals surface area contributed by atoms with Gasteiger partial charge in [-0.3, -0.25) is 9.59 Å². The van der Waals surface area contributed by atoms with Crippen molar-refractivity contribution >= 4 is 17.3 Å². The molecule has 1 atom stereocenters. The molecule has 0 spiro atoms. The third-order valence-electron chi connectivity index (χ3n) is 6.30. The lowest BCUT2D eigenvalue weighted by atomic mass is 9.68. The summed E-state index contributed by atoms with van der Waals surface area (Å²) in [6.45, 7) is 4.03.